The summed E-state index contributed by atoms with van der Waals surface area (Å²) in [6, 6.07) is 9.01. The van der Waals surface area contributed by atoms with Gasteiger partial charge in [0.05, 0.1) is 15.9 Å². The second kappa shape index (κ2) is 10.6. The average molecular weight is 464 g/mol. The van der Waals surface area contributed by atoms with Crippen LogP contribution >= 0.6 is 0 Å². The lowest BCUT2D eigenvalue weighted by Crippen LogP contribution is -2.31. The minimum atomic E-state index is -3.86. The number of amides is 1. The molecule has 0 aliphatic heterocycles. The Morgan fingerprint density at radius 2 is 1.78 bits per heavy atom. The first kappa shape index (κ1) is 25.3. The SMILES string of the molecule is CCN(CC)S(=O)(=O)c1ccc(OCC(=O)NC(C)c2ccc(C)c(C)c2)c([N+](=O)[O-])c1. The van der Waals surface area contributed by atoms with Gasteiger partial charge in [-0.25, -0.2) is 8.42 Å². The molecule has 0 saturated heterocycles. The molecule has 0 aliphatic carbocycles. The average Bonchev–Trinajstić information content (AvgIpc) is 2.74. The number of nitrogens with zero attached hydrogens (tertiary/aromatic N) is 2. The van der Waals surface area contributed by atoms with Gasteiger partial charge < -0.3 is 10.1 Å². The van der Waals surface area contributed by atoms with Gasteiger partial charge in [-0.2, -0.15) is 4.31 Å². The molecule has 0 radical (unpaired) electrons. The van der Waals surface area contributed by atoms with Gasteiger partial charge in [-0.05, 0) is 49.6 Å². The van der Waals surface area contributed by atoms with E-state index < -0.39 is 33.1 Å². The fourth-order valence-corrected chi connectivity index (χ4v) is 4.66. The molecule has 32 heavy (non-hydrogen) atoms. The number of hydrogen-bond acceptors (Lipinski definition) is 6. The van der Waals surface area contributed by atoms with Crippen LogP contribution in [0.2, 0.25) is 0 Å². The molecule has 0 fully saturated rings. The highest BCUT2D eigenvalue weighted by molar-refractivity contribution is 7.89. The summed E-state index contributed by atoms with van der Waals surface area (Å²) in [5.74, 6) is -0.632. The summed E-state index contributed by atoms with van der Waals surface area (Å²) in [6.45, 7) is 9.22. The number of carbonyl (C=O) groups is 1. The second-order valence-corrected chi connectivity index (χ2v) is 9.34. The molecule has 2 rings (SSSR count). The third kappa shape index (κ3) is 5.83. The third-order valence-electron chi connectivity index (χ3n) is 5.24. The lowest BCUT2D eigenvalue weighted by Gasteiger charge is -2.18. The Bertz CT molecular complexity index is 1100. The van der Waals surface area contributed by atoms with Crippen molar-refractivity contribution < 1.29 is 22.9 Å². The predicted molar refractivity (Wildman–Crippen MR) is 121 cm³/mol. The molecule has 1 unspecified atom stereocenters. The molecule has 0 saturated carbocycles. The van der Waals surface area contributed by atoms with E-state index in [0.29, 0.717) is 0 Å². The fraction of sp³-hybridized carbons (Fsp3) is 0.409. The van der Waals surface area contributed by atoms with E-state index in [1.807, 2.05) is 39.0 Å². The van der Waals surface area contributed by atoms with Crippen molar-refractivity contribution in [3.05, 3.63) is 63.2 Å². The van der Waals surface area contributed by atoms with Crippen LogP contribution in [0.4, 0.5) is 5.69 Å². The summed E-state index contributed by atoms with van der Waals surface area (Å²) >= 11 is 0. The van der Waals surface area contributed by atoms with E-state index in [1.54, 1.807) is 13.8 Å². The molecular formula is C22H29N3O6S. The van der Waals surface area contributed by atoms with Crippen LogP contribution in [0.5, 0.6) is 5.75 Å². The van der Waals surface area contributed by atoms with Gasteiger partial charge in [0.1, 0.15) is 0 Å². The number of ether oxygens (including phenoxy) is 1. The first-order valence-corrected chi connectivity index (χ1v) is 11.7. The van der Waals surface area contributed by atoms with Crippen LogP contribution in [0.25, 0.3) is 0 Å². The molecule has 174 valence electrons. The molecule has 1 N–H and O–H groups in total. The van der Waals surface area contributed by atoms with E-state index in [2.05, 4.69) is 5.32 Å². The summed E-state index contributed by atoms with van der Waals surface area (Å²) in [7, 11) is -3.86. The molecule has 0 spiro atoms. The molecular weight excluding hydrogens is 434 g/mol. The lowest BCUT2D eigenvalue weighted by molar-refractivity contribution is -0.386. The van der Waals surface area contributed by atoms with E-state index in [9.17, 15) is 23.3 Å². The van der Waals surface area contributed by atoms with Gasteiger partial charge in [0.2, 0.25) is 10.0 Å². The number of aryl methyl sites for hydroxylation is 2. The van der Waals surface area contributed by atoms with Crippen LogP contribution in [0.15, 0.2) is 41.3 Å². The first-order valence-electron chi connectivity index (χ1n) is 10.3. The molecule has 9 nitrogen and oxygen atoms in total. The third-order valence-corrected chi connectivity index (χ3v) is 7.28. The van der Waals surface area contributed by atoms with Crippen molar-refractivity contribution in [2.45, 2.75) is 45.6 Å². The van der Waals surface area contributed by atoms with E-state index in [4.69, 9.17) is 4.74 Å². The predicted octanol–water partition coefficient (Wildman–Crippen LogP) is 3.50. The Labute approximate surface area is 188 Å². The zero-order chi connectivity index (χ0) is 24.1. The van der Waals surface area contributed by atoms with Crippen LogP contribution < -0.4 is 10.1 Å². The van der Waals surface area contributed by atoms with Crippen molar-refractivity contribution in [2.24, 2.45) is 0 Å². The number of nitro benzene ring substituents is 1. The summed E-state index contributed by atoms with van der Waals surface area (Å²) in [5, 5.41) is 14.3. The number of sulfonamides is 1. The molecule has 0 aliphatic rings. The highest BCUT2D eigenvalue weighted by Gasteiger charge is 2.26. The van der Waals surface area contributed by atoms with E-state index in [-0.39, 0.29) is 29.8 Å². The van der Waals surface area contributed by atoms with Crippen molar-refractivity contribution >= 4 is 21.6 Å². The highest BCUT2D eigenvalue weighted by Crippen LogP contribution is 2.31. The van der Waals surface area contributed by atoms with Crippen LogP contribution in [-0.2, 0) is 14.8 Å². The van der Waals surface area contributed by atoms with Crippen LogP contribution in [-0.4, -0.2) is 43.2 Å². The summed E-state index contributed by atoms with van der Waals surface area (Å²) in [6.07, 6.45) is 0. The molecule has 10 heteroatoms. The zero-order valence-electron chi connectivity index (χ0n) is 18.9. The van der Waals surface area contributed by atoms with Gasteiger partial charge >= 0.3 is 5.69 Å². The van der Waals surface area contributed by atoms with Gasteiger partial charge in [-0.3, -0.25) is 14.9 Å². The van der Waals surface area contributed by atoms with E-state index in [1.165, 1.54) is 16.4 Å². The number of hydrogen-bond donors (Lipinski definition) is 1. The summed E-state index contributed by atoms with van der Waals surface area (Å²) < 4.78 is 31.9. The maximum absolute atomic E-state index is 12.6. The Morgan fingerprint density at radius 3 is 2.34 bits per heavy atom. The topological polar surface area (TPSA) is 119 Å². The lowest BCUT2D eigenvalue weighted by atomic mass is 10.0. The quantitative estimate of drug-likeness (QED) is 0.425. The summed E-state index contributed by atoms with van der Waals surface area (Å²) in [4.78, 5) is 22.9. The fourth-order valence-electron chi connectivity index (χ4n) is 3.18. The second-order valence-electron chi connectivity index (χ2n) is 7.40. The molecule has 2 aromatic carbocycles. The first-order chi connectivity index (χ1) is 15.0. The molecule has 0 aromatic heterocycles. The smallest absolute Gasteiger partial charge is 0.312 e. The van der Waals surface area contributed by atoms with Gasteiger partial charge in [0.15, 0.2) is 12.4 Å². The minimum absolute atomic E-state index is 0.178. The van der Waals surface area contributed by atoms with Crippen LogP contribution in [0, 0.1) is 24.0 Å². The molecule has 2 aromatic rings. The van der Waals surface area contributed by atoms with Gasteiger partial charge in [-0.1, -0.05) is 32.0 Å². The van der Waals surface area contributed by atoms with Crippen molar-refractivity contribution in [1.29, 1.82) is 0 Å². The maximum Gasteiger partial charge on any atom is 0.312 e. The Hall–Kier alpha value is -2.98. The number of nitro groups is 1. The van der Waals surface area contributed by atoms with Crippen molar-refractivity contribution in [2.75, 3.05) is 19.7 Å². The van der Waals surface area contributed by atoms with Crippen molar-refractivity contribution in [3.63, 3.8) is 0 Å². The maximum atomic E-state index is 12.6. The van der Waals surface area contributed by atoms with Crippen molar-refractivity contribution in [3.8, 4) is 5.75 Å². The Morgan fingerprint density at radius 1 is 1.12 bits per heavy atom. The number of benzene rings is 2. The van der Waals surface area contributed by atoms with Gasteiger partial charge in [0.25, 0.3) is 5.91 Å². The number of nitrogens with one attached hydrogen (secondary N) is 1. The normalized spacial score (nSPS) is 12.4. The van der Waals surface area contributed by atoms with Crippen LogP contribution in [0.3, 0.4) is 0 Å². The largest absolute Gasteiger partial charge is 0.477 e. The molecule has 0 heterocycles. The molecule has 1 atom stereocenters. The zero-order valence-corrected chi connectivity index (χ0v) is 19.7. The highest BCUT2D eigenvalue weighted by atomic mass is 32.2. The van der Waals surface area contributed by atoms with Crippen LogP contribution in [0.1, 0.15) is 43.5 Å². The summed E-state index contributed by atoms with van der Waals surface area (Å²) in [5.41, 5.74) is 2.66. The van der Waals surface area contributed by atoms with Crippen molar-refractivity contribution in [1.82, 2.24) is 9.62 Å². The standard InChI is InChI=1S/C22H29N3O6S/c1-6-24(7-2)32(29,30)19-10-11-21(20(13-19)25(27)28)31-14-22(26)23-17(5)18-9-8-15(3)16(4)12-18/h8-13,17H,6-7,14H2,1-5H3,(H,23,26). The van der Waals surface area contributed by atoms with Gasteiger partial charge in [0, 0.05) is 19.2 Å². The minimum Gasteiger partial charge on any atom is -0.477 e. The molecule has 0 bridgehead atoms. The number of rotatable bonds is 10. The van der Waals surface area contributed by atoms with E-state index in [0.717, 1.165) is 22.8 Å². The molecule has 1 amide bonds. The Balaban J connectivity index is 2.14. The number of carbonyl (C=O) groups excluding carboxylic acids is 1. The monoisotopic (exact) mass is 463 g/mol. The Kier molecular flexibility index (Phi) is 8.34. The van der Waals surface area contributed by atoms with E-state index >= 15 is 0 Å². The van der Waals surface area contributed by atoms with Gasteiger partial charge in [-0.15, -0.1) is 0 Å².